The second-order valence-electron chi connectivity index (χ2n) is 4.42. The van der Waals surface area contributed by atoms with E-state index in [0.29, 0.717) is 12.1 Å². The van der Waals surface area contributed by atoms with Crippen molar-refractivity contribution in [3.8, 4) is 0 Å². The molecule has 0 aliphatic heterocycles. The normalized spacial score (nSPS) is 10.6. The molecule has 0 aromatic heterocycles. The number of nitrogen functional groups attached to an aromatic ring is 1. The molecule has 0 spiro atoms. The van der Waals surface area contributed by atoms with Crippen molar-refractivity contribution in [1.82, 2.24) is 10.6 Å². The second kappa shape index (κ2) is 7.99. The molecule has 0 unspecified atom stereocenters. The Hall–Kier alpha value is -3.04. The van der Waals surface area contributed by atoms with Crippen LogP contribution in [0.5, 0.6) is 0 Å². The summed E-state index contributed by atoms with van der Waals surface area (Å²) in [7, 11) is 0. The Morgan fingerprint density at radius 2 is 1.96 bits per heavy atom. The highest BCUT2D eigenvalue weighted by Gasteiger charge is 2.31. The van der Waals surface area contributed by atoms with Crippen molar-refractivity contribution in [2.75, 3.05) is 18.9 Å². The summed E-state index contributed by atoms with van der Waals surface area (Å²) in [6.45, 7) is 2.68. The summed E-state index contributed by atoms with van der Waals surface area (Å²) in [6.07, 6.45) is -3.22. The lowest BCUT2D eigenvalue weighted by molar-refractivity contribution is -0.137. The fourth-order valence-electron chi connectivity index (χ4n) is 1.51. The first-order valence-electron chi connectivity index (χ1n) is 6.47. The Morgan fingerprint density at radius 3 is 2.50 bits per heavy atom. The van der Waals surface area contributed by atoms with Gasteiger partial charge in [-0.1, -0.05) is 6.08 Å². The fraction of sp³-hybridized carbons (Fsp3) is 0.214. The number of carbonyl (C=O) groups excluding carboxylic acids is 3. The predicted octanol–water partition coefficient (Wildman–Crippen LogP) is 1.46. The van der Waals surface area contributed by atoms with E-state index in [2.05, 4.69) is 16.6 Å². The van der Waals surface area contributed by atoms with Gasteiger partial charge in [0.25, 0.3) is 5.91 Å². The Bertz CT molecular complexity index is 659. The van der Waals surface area contributed by atoms with Gasteiger partial charge in [-0.25, -0.2) is 9.59 Å². The van der Waals surface area contributed by atoms with Gasteiger partial charge in [0.2, 0.25) is 0 Å². The number of nitrogens with two attached hydrogens (primary N) is 1. The topological polar surface area (TPSA) is 111 Å². The van der Waals surface area contributed by atoms with Crippen molar-refractivity contribution in [1.29, 1.82) is 0 Å². The predicted molar refractivity (Wildman–Crippen MR) is 77.9 cm³/mol. The quantitative estimate of drug-likeness (QED) is 0.425. The zero-order chi connectivity index (χ0) is 18.3. The minimum Gasteiger partial charge on any atom is -0.452 e. The van der Waals surface area contributed by atoms with Crippen molar-refractivity contribution in [2.24, 2.45) is 0 Å². The Morgan fingerprint density at radius 1 is 1.29 bits per heavy atom. The number of benzene rings is 1. The highest BCUT2D eigenvalue weighted by molar-refractivity contribution is 5.98. The maximum Gasteiger partial charge on any atom is 0.416 e. The number of carbonyl (C=O) groups is 3. The number of hydrogen-bond acceptors (Lipinski definition) is 5. The van der Waals surface area contributed by atoms with Gasteiger partial charge in [0, 0.05) is 12.2 Å². The molecular formula is C14H14F3N3O4. The third-order valence-corrected chi connectivity index (χ3v) is 2.59. The van der Waals surface area contributed by atoms with E-state index in [0.717, 1.165) is 6.07 Å². The maximum absolute atomic E-state index is 12.5. The summed E-state index contributed by atoms with van der Waals surface area (Å²) in [4.78, 5) is 34.2. The summed E-state index contributed by atoms with van der Waals surface area (Å²) in [5.41, 5.74) is 3.59. The van der Waals surface area contributed by atoms with E-state index < -0.39 is 41.9 Å². The molecule has 0 saturated carbocycles. The first-order chi connectivity index (χ1) is 11.1. The molecule has 0 saturated heterocycles. The number of rotatable bonds is 5. The lowest BCUT2D eigenvalue weighted by Crippen LogP contribution is -2.41. The molecule has 0 aliphatic rings. The van der Waals surface area contributed by atoms with Crippen LogP contribution >= 0.6 is 0 Å². The molecule has 0 radical (unpaired) electrons. The number of halogens is 3. The molecule has 24 heavy (non-hydrogen) atoms. The van der Waals surface area contributed by atoms with Gasteiger partial charge in [-0.3, -0.25) is 10.1 Å². The molecule has 10 heteroatoms. The van der Waals surface area contributed by atoms with E-state index in [1.165, 1.54) is 6.08 Å². The number of nitrogens with one attached hydrogen (secondary N) is 2. The van der Waals surface area contributed by atoms with Gasteiger partial charge in [-0.2, -0.15) is 13.2 Å². The molecule has 0 heterocycles. The zero-order valence-corrected chi connectivity index (χ0v) is 12.3. The van der Waals surface area contributed by atoms with Crippen LogP contribution in [0.3, 0.4) is 0 Å². The van der Waals surface area contributed by atoms with Gasteiger partial charge in [0.1, 0.15) is 0 Å². The molecule has 0 atom stereocenters. The summed E-state index contributed by atoms with van der Waals surface area (Å²) < 4.78 is 42.1. The van der Waals surface area contributed by atoms with Crippen molar-refractivity contribution < 1.29 is 32.3 Å². The number of esters is 1. The maximum atomic E-state index is 12.5. The molecule has 130 valence electrons. The average Bonchev–Trinajstić information content (AvgIpc) is 2.49. The van der Waals surface area contributed by atoms with E-state index in [9.17, 15) is 27.6 Å². The monoisotopic (exact) mass is 345 g/mol. The summed E-state index contributed by atoms with van der Waals surface area (Å²) in [5, 5.41) is 4.13. The third-order valence-electron chi connectivity index (χ3n) is 2.59. The van der Waals surface area contributed by atoms with E-state index in [1.54, 1.807) is 0 Å². The molecule has 7 nitrogen and oxygen atoms in total. The number of anilines is 1. The van der Waals surface area contributed by atoms with Crippen LogP contribution in [0, 0.1) is 0 Å². The standard InChI is InChI=1S/C14H14F3N3O4/c1-2-5-19-13(23)20-11(21)7-24-12(22)9-4-3-8(6-10(9)18)14(15,16)17/h2-4,6H,1,5,7,18H2,(H2,19,20,21,23). The molecule has 1 rings (SSSR count). The largest absolute Gasteiger partial charge is 0.452 e. The van der Waals surface area contributed by atoms with Crippen LogP contribution in [0.25, 0.3) is 0 Å². The van der Waals surface area contributed by atoms with Crippen LogP contribution in [0.15, 0.2) is 30.9 Å². The van der Waals surface area contributed by atoms with Crippen LogP contribution in [-0.2, 0) is 15.7 Å². The summed E-state index contributed by atoms with van der Waals surface area (Å²) >= 11 is 0. The first-order valence-corrected chi connectivity index (χ1v) is 6.47. The molecule has 0 aliphatic carbocycles. The average molecular weight is 345 g/mol. The number of alkyl halides is 3. The number of imide groups is 1. The minimum atomic E-state index is -4.60. The van der Waals surface area contributed by atoms with Gasteiger partial charge >= 0.3 is 18.2 Å². The van der Waals surface area contributed by atoms with Gasteiger partial charge < -0.3 is 15.8 Å². The lowest BCUT2D eigenvalue weighted by atomic mass is 10.1. The van der Waals surface area contributed by atoms with Gasteiger partial charge in [0.05, 0.1) is 11.1 Å². The molecule has 1 aromatic rings. The fourth-order valence-corrected chi connectivity index (χ4v) is 1.51. The van der Waals surface area contributed by atoms with Crippen molar-refractivity contribution >= 4 is 23.6 Å². The smallest absolute Gasteiger partial charge is 0.416 e. The number of urea groups is 1. The Kier molecular flexibility index (Phi) is 6.33. The van der Waals surface area contributed by atoms with Crippen molar-refractivity contribution in [3.05, 3.63) is 42.0 Å². The SMILES string of the molecule is C=CCNC(=O)NC(=O)COC(=O)c1ccc(C(F)(F)F)cc1N. The molecule has 1 aromatic carbocycles. The molecule has 0 bridgehead atoms. The van der Waals surface area contributed by atoms with Gasteiger partial charge in [-0.15, -0.1) is 6.58 Å². The van der Waals surface area contributed by atoms with Crippen LogP contribution in [0.4, 0.5) is 23.7 Å². The van der Waals surface area contributed by atoms with E-state index >= 15 is 0 Å². The Labute approximate surface area is 134 Å². The second-order valence-corrected chi connectivity index (χ2v) is 4.42. The van der Waals surface area contributed by atoms with Crippen LogP contribution in [0.1, 0.15) is 15.9 Å². The summed E-state index contributed by atoms with van der Waals surface area (Å²) in [6, 6.07) is 1.27. The molecule has 0 fully saturated rings. The van der Waals surface area contributed by atoms with E-state index in [1.807, 2.05) is 5.32 Å². The van der Waals surface area contributed by atoms with Crippen LogP contribution in [-0.4, -0.2) is 31.1 Å². The lowest BCUT2D eigenvalue weighted by Gasteiger charge is -2.10. The number of ether oxygens (including phenoxy) is 1. The highest BCUT2D eigenvalue weighted by Crippen LogP contribution is 2.31. The highest BCUT2D eigenvalue weighted by atomic mass is 19.4. The van der Waals surface area contributed by atoms with Crippen LogP contribution in [0.2, 0.25) is 0 Å². The molecule has 4 N–H and O–H groups in total. The zero-order valence-electron chi connectivity index (χ0n) is 12.3. The van der Waals surface area contributed by atoms with Crippen molar-refractivity contribution in [3.63, 3.8) is 0 Å². The molecular weight excluding hydrogens is 331 g/mol. The Balaban J connectivity index is 2.61. The number of amides is 3. The van der Waals surface area contributed by atoms with Gasteiger partial charge in [-0.05, 0) is 18.2 Å². The van der Waals surface area contributed by atoms with E-state index in [4.69, 9.17) is 5.73 Å². The number of hydrogen-bond donors (Lipinski definition) is 3. The first kappa shape index (κ1) is 19.0. The third kappa shape index (κ3) is 5.63. The minimum absolute atomic E-state index is 0.126. The molecule has 3 amide bonds. The van der Waals surface area contributed by atoms with Crippen molar-refractivity contribution in [2.45, 2.75) is 6.18 Å². The van der Waals surface area contributed by atoms with Crippen LogP contribution < -0.4 is 16.4 Å². The summed E-state index contributed by atoms with van der Waals surface area (Å²) in [5.74, 6) is -2.02. The van der Waals surface area contributed by atoms with E-state index in [-0.39, 0.29) is 12.1 Å². The van der Waals surface area contributed by atoms with Gasteiger partial charge in [0.15, 0.2) is 6.61 Å².